The Morgan fingerprint density at radius 1 is 0.902 bits per heavy atom. The molecule has 4 aromatic rings. The molecule has 0 radical (unpaired) electrons. The van der Waals surface area contributed by atoms with Crippen molar-refractivity contribution >= 4 is 33.4 Å². The molecule has 10 nitrogen and oxygen atoms in total. The van der Waals surface area contributed by atoms with Crippen molar-refractivity contribution < 1.29 is 27.5 Å². The van der Waals surface area contributed by atoms with E-state index in [9.17, 15) is 18.0 Å². The van der Waals surface area contributed by atoms with E-state index in [1.165, 1.54) is 41.0 Å². The van der Waals surface area contributed by atoms with Crippen LogP contribution in [-0.4, -0.2) is 25.4 Å². The van der Waals surface area contributed by atoms with E-state index in [0.29, 0.717) is 22.9 Å². The van der Waals surface area contributed by atoms with Crippen molar-refractivity contribution in [2.24, 2.45) is 5.92 Å². The van der Waals surface area contributed by atoms with Crippen LogP contribution >= 0.6 is 11.3 Å². The molecule has 0 saturated heterocycles. The van der Waals surface area contributed by atoms with Gasteiger partial charge in [-0.25, -0.2) is 18.2 Å². The third-order valence-corrected chi connectivity index (χ3v) is 7.90. The molecule has 0 spiro atoms. The maximum Gasteiger partial charge on any atom is 0.408 e. The Morgan fingerprint density at radius 2 is 1.54 bits per heavy atom. The molecular weight excluding hydrogens is 564 g/mol. The summed E-state index contributed by atoms with van der Waals surface area (Å²) in [5.41, 5.74) is 3.05. The number of alkyl carbamates (subject to hydrolysis) is 1. The summed E-state index contributed by atoms with van der Waals surface area (Å²) in [6.45, 7) is 4.12. The van der Waals surface area contributed by atoms with Crippen molar-refractivity contribution in [1.29, 1.82) is 0 Å². The first-order valence-corrected chi connectivity index (χ1v) is 15.1. The van der Waals surface area contributed by atoms with E-state index in [0.717, 1.165) is 5.56 Å². The van der Waals surface area contributed by atoms with Gasteiger partial charge in [-0.2, -0.15) is 0 Å². The predicted molar refractivity (Wildman–Crippen MR) is 155 cm³/mol. The largest absolute Gasteiger partial charge is 0.457 e. The second-order valence-electron chi connectivity index (χ2n) is 9.41. The highest BCUT2D eigenvalue weighted by Crippen LogP contribution is 2.25. The van der Waals surface area contributed by atoms with Crippen molar-refractivity contribution in [2.45, 2.75) is 37.8 Å². The maximum atomic E-state index is 12.7. The Hall–Kier alpha value is -4.26. The zero-order valence-electron chi connectivity index (χ0n) is 22.4. The molecule has 2 amide bonds. The molecule has 1 heterocycles. The van der Waals surface area contributed by atoms with Crippen molar-refractivity contribution in [1.82, 2.24) is 20.6 Å². The first kappa shape index (κ1) is 29.7. The fourth-order valence-corrected chi connectivity index (χ4v) is 5.40. The van der Waals surface area contributed by atoms with Gasteiger partial charge < -0.3 is 14.8 Å². The molecule has 3 aromatic carbocycles. The molecular formula is C29H30N4O6S2. The fraction of sp³-hybridized carbons (Fsp3) is 0.207. The van der Waals surface area contributed by atoms with Crippen molar-refractivity contribution in [2.75, 3.05) is 0 Å². The smallest absolute Gasteiger partial charge is 0.408 e. The van der Waals surface area contributed by atoms with Gasteiger partial charge >= 0.3 is 6.09 Å². The monoisotopic (exact) mass is 594 g/mol. The van der Waals surface area contributed by atoms with Gasteiger partial charge in [0.1, 0.15) is 28.8 Å². The molecule has 41 heavy (non-hydrogen) atoms. The number of aromatic nitrogens is 1. The molecule has 0 aliphatic carbocycles. The molecule has 0 fully saturated rings. The zero-order valence-corrected chi connectivity index (χ0v) is 24.1. The standard InChI is InChI=1S/C29H30N4O6S2/c1-20(2)17-25(31-29(35)38-18-21-9-5-3-6-10-21)28-30-26(19-40-28)27(34)32-33-41(36,37)24-15-13-23(14-16-24)39-22-11-7-4-8-12-22/h3-16,19-20,25,33H,17-18H2,1-2H3,(H,31,35)(H,32,34)/t25-/m0/s1. The minimum absolute atomic E-state index is 0.00696. The van der Waals surface area contributed by atoms with E-state index >= 15 is 0 Å². The minimum Gasteiger partial charge on any atom is -0.457 e. The molecule has 12 heteroatoms. The van der Waals surface area contributed by atoms with E-state index in [4.69, 9.17) is 9.47 Å². The molecule has 214 valence electrons. The lowest BCUT2D eigenvalue weighted by atomic mass is 10.0. The Bertz CT molecular complexity index is 1540. The van der Waals surface area contributed by atoms with Gasteiger partial charge in [0.2, 0.25) is 0 Å². The Kier molecular flexibility index (Phi) is 10.1. The topological polar surface area (TPSA) is 136 Å². The number of ether oxygens (including phenoxy) is 2. The van der Waals surface area contributed by atoms with E-state index in [1.54, 1.807) is 12.1 Å². The number of sulfonamides is 1. The molecule has 0 bridgehead atoms. The van der Waals surface area contributed by atoms with Gasteiger partial charge in [0.15, 0.2) is 0 Å². The molecule has 0 unspecified atom stereocenters. The molecule has 4 rings (SSSR count). The fourth-order valence-electron chi connectivity index (χ4n) is 3.70. The van der Waals surface area contributed by atoms with Gasteiger partial charge in [0.25, 0.3) is 15.9 Å². The summed E-state index contributed by atoms with van der Waals surface area (Å²) >= 11 is 1.18. The van der Waals surface area contributed by atoms with E-state index in [2.05, 4.69) is 20.6 Å². The number of amides is 2. The molecule has 0 aliphatic rings. The third kappa shape index (κ3) is 8.87. The predicted octanol–water partition coefficient (Wildman–Crippen LogP) is 5.57. The number of hydrogen-bond acceptors (Lipinski definition) is 8. The normalized spacial score (nSPS) is 12.0. The van der Waals surface area contributed by atoms with Crippen LogP contribution in [-0.2, 0) is 21.4 Å². The van der Waals surface area contributed by atoms with Gasteiger partial charge in [0.05, 0.1) is 10.9 Å². The van der Waals surface area contributed by atoms with E-state index in [-0.39, 0.29) is 23.1 Å². The van der Waals surface area contributed by atoms with Gasteiger partial charge in [-0.1, -0.05) is 62.4 Å². The number of hydrogen-bond donors (Lipinski definition) is 3. The van der Waals surface area contributed by atoms with Crippen LogP contribution < -0.4 is 20.3 Å². The number of thiazole rings is 1. The van der Waals surface area contributed by atoms with Crippen LogP contribution in [0, 0.1) is 5.92 Å². The maximum absolute atomic E-state index is 12.7. The lowest BCUT2D eigenvalue weighted by molar-refractivity contribution is 0.0940. The van der Waals surface area contributed by atoms with E-state index in [1.807, 2.05) is 62.4 Å². The molecule has 0 aliphatic heterocycles. The minimum atomic E-state index is -4.06. The van der Waals surface area contributed by atoms with Crippen LogP contribution in [0.25, 0.3) is 0 Å². The van der Waals surface area contributed by atoms with Crippen LogP contribution in [0.4, 0.5) is 4.79 Å². The molecule has 1 aromatic heterocycles. The van der Waals surface area contributed by atoms with Gasteiger partial charge in [-0.3, -0.25) is 10.2 Å². The van der Waals surface area contributed by atoms with Crippen molar-refractivity contribution in [3.63, 3.8) is 0 Å². The van der Waals surface area contributed by atoms with Gasteiger partial charge in [0, 0.05) is 5.38 Å². The Labute approximate surface area is 242 Å². The molecule has 3 N–H and O–H groups in total. The number of nitrogens with one attached hydrogen (secondary N) is 3. The highest BCUT2D eigenvalue weighted by Gasteiger charge is 2.23. The number of carbonyl (C=O) groups is 2. The zero-order chi connectivity index (χ0) is 29.2. The Balaban J connectivity index is 1.34. The number of nitrogens with zero attached hydrogens (tertiary/aromatic N) is 1. The quantitative estimate of drug-likeness (QED) is 0.182. The number of benzene rings is 3. The summed E-state index contributed by atoms with van der Waals surface area (Å²) in [4.78, 5) is 31.5. The van der Waals surface area contributed by atoms with Crippen molar-refractivity contribution in [3.8, 4) is 11.5 Å². The summed E-state index contributed by atoms with van der Waals surface area (Å²) in [6.07, 6.45) is -0.0420. The second kappa shape index (κ2) is 13.9. The van der Waals surface area contributed by atoms with Crippen LogP contribution in [0.5, 0.6) is 11.5 Å². The molecule has 1 atom stereocenters. The van der Waals surface area contributed by atoms with Gasteiger partial charge in [-0.15, -0.1) is 16.2 Å². The number of rotatable bonds is 12. The first-order chi connectivity index (χ1) is 19.7. The summed E-state index contributed by atoms with van der Waals surface area (Å²) in [6, 6.07) is 23.7. The summed E-state index contributed by atoms with van der Waals surface area (Å²) in [5, 5.41) is 4.81. The molecule has 0 saturated carbocycles. The number of hydrazine groups is 1. The van der Waals surface area contributed by atoms with Crippen LogP contribution in [0.15, 0.2) is 95.2 Å². The van der Waals surface area contributed by atoms with Crippen LogP contribution in [0.3, 0.4) is 0 Å². The average molecular weight is 595 g/mol. The number of para-hydroxylation sites is 1. The first-order valence-electron chi connectivity index (χ1n) is 12.8. The number of carbonyl (C=O) groups excluding carboxylic acids is 2. The average Bonchev–Trinajstić information content (AvgIpc) is 3.46. The summed E-state index contributed by atoms with van der Waals surface area (Å²) in [7, 11) is -4.06. The lowest BCUT2D eigenvalue weighted by Crippen LogP contribution is -2.41. The Morgan fingerprint density at radius 3 is 2.20 bits per heavy atom. The van der Waals surface area contributed by atoms with Crippen LogP contribution in [0.1, 0.15) is 47.4 Å². The summed E-state index contributed by atoms with van der Waals surface area (Å²) < 4.78 is 36.4. The lowest BCUT2D eigenvalue weighted by Gasteiger charge is -2.18. The SMILES string of the molecule is CC(C)C[C@H](NC(=O)OCc1ccccc1)c1nc(C(=O)NNS(=O)(=O)c2ccc(Oc3ccccc3)cc2)cs1. The van der Waals surface area contributed by atoms with E-state index < -0.39 is 28.1 Å². The van der Waals surface area contributed by atoms with Crippen molar-refractivity contribution in [3.05, 3.63) is 107 Å². The highest BCUT2D eigenvalue weighted by atomic mass is 32.2. The summed E-state index contributed by atoms with van der Waals surface area (Å²) in [5.74, 6) is 0.552. The third-order valence-electron chi connectivity index (χ3n) is 5.68. The highest BCUT2D eigenvalue weighted by molar-refractivity contribution is 7.89. The van der Waals surface area contributed by atoms with Gasteiger partial charge in [-0.05, 0) is 54.3 Å². The van der Waals surface area contributed by atoms with Crippen LogP contribution in [0.2, 0.25) is 0 Å². The second-order valence-corrected chi connectivity index (χ2v) is 12.0.